The zero-order valence-electron chi connectivity index (χ0n) is 16.0. The van der Waals surface area contributed by atoms with Crippen LogP contribution in [-0.2, 0) is 6.54 Å². The van der Waals surface area contributed by atoms with Crippen molar-refractivity contribution in [1.29, 1.82) is 0 Å². The van der Waals surface area contributed by atoms with E-state index in [0.29, 0.717) is 5.92 Å². The Labute approximate surface area is 162 Å². The van der Waals surface area contributed by atoms with Crippen molar-refractivity contribution >= 4 is 11.6 Å². The van der Waals surface area contributed by atoms with E-state index in [1.807, 2.05) is 24.3 Å². The molecule has 0 saturated carbocycles. The number of aliphatic imine (C=N–C) groups is 1. The van der Waals surface area contributed by atoms with E-state index in [-0.39, 0.29) is 24.0 Å². The van der Waals surface area contributed by atoms with Crippen LogP contribution in [0.2, 0.25) is 0 Å². The third-order valence-electron chi connectivity index (χ3n) is 3.88. The Hall–Kier alpha value is -2.90. The average molecular weight is 395 g/mol. The van der Waals surface area contributed by atoms with Crippen molar-refractivity contribution in [3.05, 3.63) is 53.6 Å². The fourth-order valence-corrected chi connectivity index (χ4v) is 2.43. The van der Waals surface area contributed by atoms with Gasteiger partial charge in [0, 0.05) is 5.69 Å². The molecule has 0 fully saturated rings. The number of methoxy groups -OCH3 is 1. The molecule has 0 aliphatic carbocycles. The van der Waals surface area contributed by atoms with Crippen LogP contribution in [0.1, 0.15) is 30.9 Å². The van der Waals surface area contributed by atoms with E-state index in [0.717, 1.165) is 11.3 Å². The van der Waals surface area contributed by atoms with Gasteiger partial charge in [0.05, 0.1) is 13.7 Å². The molecule has 0 unspecified atom stereocenters. The second-order valence-electron chi connectivity index (χ2n) is 6.50. The SMILES string of the molecule is COc1cc(CN=C(N)Nc2cccc(C(C)C)c2)ccc1OCC(F)(F)F. The molecule has 0 spiro atoms. The van der Waals surface area contributed by atoms with Crippen molar-refractivity contribution in [1.82, 2.24) is 0 Å². The van der Waals surface area contributed by atoms with Crippen LogP contribution in [0.15, 0.2) is 47.5 Å². The Balaban J connectivity index is 2.03. The maximum atomic E-state index is 12.3. The summed E-state index contributed by atoms with van der Waals surface area (Å²) in [6.07, 6.45) is -4.42. The van der Waals surface area contributed by atoms with Gasteiger partial charge in [0.25, 0.3) is 0 Å². The standard InChI is InChI=1S/C20H24F3N3O2/c1-13(2)15-5-4-6-16(10-15)26-19(24)25-11-14-7-8-17(18(9-14)27-3)28-12-20(21,22)23/h4-10,13H,11-12H2,1-3H3,(H3,24,25,26). The first kappa shape index (κ1) is 21.4. The number of rotatable bonds is 7. The van der Waals surface area contributed by atoms with Crippen LogP contribution in [0.5, 0.6) is 11.5 Å². The van der Waals surface area contributed by atoms with Gasteiger partial charge in [0.15, 0.2) is 24.1 Å². The molecule has 2 aromatic rings. The molecule has 2 aromatic carbocycles. The maximum Gasteiger partial charge on any atom is 0.422 e. The second-order valence-corrected chi connectivity index (χ2v) is 6.50. The van der Waals surface area contributed by atoms with Gasteiger partial charge >= 0.3 is 6.18 Å². The largest absolute Gasteiger partial charge is 0.493 e. The Morgan fingerprint density at radius 3 is 2.54 bits per heavy atom. The molecule has 0 aliphatic rings. The molecule has 0 heterocycles. The van der Waals surface area contributed by atoms with Crippen LogP contribution in [-0.4, -0.2) is 25.9 Å². The molecule has 0 amide bonds. The lowest BCUT2D eigenvalue weighted by Gasteiger charge is -2.13. The summed E-state index contributed by atoms with van der Waals surface area (Å²) in [6.45, 7) is 3.06. The quantitative estimate of drug-likeness (QED) is 0.527. The first-order valence-electron chi connectivity index (χ1n) is 8.71. The van der Waals surface area contributed by atoms with Gasteiger partial charge in [0.2, 0.25) is 0 Å². The van der Waals surface area contributed by atoms with Crippen molar-refractivity contribution in [3.8, 4) is 11.5 Å². The molecule has 2 rings (SSSR count). The molecule has 8 heteroatoms. The molecule has 3 N–H and O–H groups in total. The zero-order chi connectivity index (χ0) is 20.7. The number of nitrogens with zero attached hydrogens (tertiary/aromatic N) is 1. The van der Waals surface area contributed by atoms with Crippen LogP contribution in [0.3, 0.4) is 0 Å². The number of alkyl halides is 3. The number of nitrogens with one attached hydrogen (secondary N) is 1. The smallest absolute Gasteiger partial charge is 0.422 e. The van der Waals surface area contributed by atoms with Crippen LogP contribution < -0.4 is 20.5 Å². The van der Waals surface area contributed by atoms with E-state index in [1.165, 1.54) is 18.7 Å². The van der Waals surface area contributed by atoms with Gasteiger partial charge < -0.3 is 20.5 Å². The number of guanidine groups is 1. The normalized spacial score (nSPS) is 12.2. The minimum Gasteiger partial charge on any atom is -0.493 e. The van der Waals surface area contributed by atoms with Crippen LogP contribution >= 0.6 is 0 Å². The minimum atomic E-state index is -4.42. The monoisotopic (exact) mass is 395 g/mol. The Kier molecular flexibility index (Phi) is 7.14. The van der Waals surface area contributed by atoms with Gasteiger partial charge in [-0.2, -0.15) is 13.2 Å². The highest BCUT2D eigenvalue weighted by atomic mass is 19.4. The number of hydrogen-bond acceptors (Lipinski definition) is 3. The van der Waals surface area contributed by atoms with E-state index in [1.54, 1.807) is 12.1 Å². The zero-order valence-corrected chi connectivity index (χ0v) is 16.0. The van der Waals surface area contributed by atoms with Crippen molar-refractivity contribution < 1.29 is 22.6 Å². The first-order valence-corrected chi connectivity index (χ1v) is 8.71. The van der Waals surface area contributed by atoms with Gasteiger partial charge in [-0.15, -0.1) is 0 Å². The third kappa shape index (κ3) is 6.68. The molecule has 152 valence electrons. The number of halogens is 3. The predicted molar refractivity (Wildman–Crippen MR) is 104 cm³/mol. The van der Waals surface area contributed by atoms with Gasteiger partial charge in [0.1, 0.15) is 0 Å². The summed E-state index contributed by atoms with van der Waals surface area (Å²) in [5.41, 5.74) is 8.67. The summed E-state index contributed by atoms with van der Waals surface area (Å²) in [4.78, 5) is 4.26. The van der Waals surface area contributed by atoms with Gasteiger partial charge in [-0.05, 0) is 41.3 Å². The fourth-order valence-electron chi connectivity index (χ4n) is 2.43. The highest BCUT2D eigenvalue weighted by molar-refractivity contribution is 5.92. The number of ether oxygens (including phenoxy) is 2. The van der Waals surface area contributed by atoms with E-state index in [4.69, 9.17) is 15.2 Å². The molecule has 0 aliphatic heterocycles. The summed E-state index contributed by atoms with van der Waals surface area (Å²) < 4.78 is 46.8. The van der Waals surface area contributed by atoms with Crippen molar-refractivity contribution in [2.75, 3.05) is 19.0 Å². The molecule has 0 atom stereocenters. The number of anilines is 1. The van der Waals surface area contributed by atoms with Crippen LogP contribution in [0, 0.1) is 0 Å². The predicted octanol–water partition coefficient (Wildman–Crippen LogP) is 4.69. The summed E-state index contributed by atoms with van der Waals surface area (Å²) in [5, 5.41) is 3.03. The van der Waals surface area contributed by atoms with Crippen LogP contribution in [0.4, 0.5) is 18.9 Å². The second kappa shape index (κ2) is 9.34. The average Bonchev–Trinajstić information content (AvgIpc) is 2.64. The lowest BCUT2D eigenvalue weighted by atomic mass is 10.0. The highest BCUT2D eigenvalue weighted by Gasteiger charge is 2.29. The molecule has 0 aromatic heterocycles. The summed E-state index contributed by atoms with van der Waals surface area (Å²) in [7, 11) is 1.36. The van der Waals surface area contributed by atoms with Crippen molar-refractivity contribution in [2.24, 2.45) is 10.7 Å². The number of benzene rings is 2. The Bertz CT molecular complexity index is 821. The van der Waals surface area contributed by atoms with E-state index >= 15 is 0 Å². The first-order chi connectivity index (χ1) is 13.2. The van der Waals surface area contributed by atoms with E-state index in [9.17, 15) is 13.2 Å². The molecular weight excluding hydrogens is 371 g/mol. The third-order valence-corrected chi connectivity index (χ3v) is 3.88. The molecular formula is C20H24F3N3O2. The fraction of sp³-hybridized carbons (Fsp3) is 0.350. The van der Waals surface area contributed by atoms with E-state index in [2.05, 4.69) is 24.2 Å². The van der Waals surface area contributed by atoms with E-state index < -0.39 is 12.8 Å². The lowest BCUT2D eigenvalue weighted by Crippen LogP contribution is -2.22. The molecule has 0 radical (unpaired) electrons. The van der Waals surface area contributed by atoms with Gasteiger partial charge in [-0.25, -0.2) is 4.99 Å². The number of hydrogen-bond donors (Lipinski definition) is 2. The van der Waals surface area contributed by atoms with Crippen molar-refractivity contribution in [3.63, 3.8) is 0 Å². The minimum absolute atomic E-state index is 0.0177. The summed E-state index contributed by atoms with van der Waals surface area (Å²) in [5.74, 6) is 0.847. The van der Waals surface area contributed by atoms with Gasteiger partial charge in [-0.3, -0.25) is 0 Å². The molecule has 0 saturated heterocycles. The summed E-state index contributed by atoms with van der Waals surface area (Å²) in [6, 6.07) is 12.5. The highest BCUT2D eigenvalue weighted by Crippen LogP contribution is 2.30. The van der Waals surface area contributed by atoms with Crippen molar-refractivity contribution in [2.45, 2.75) is 32.5 Å². The van der Waals surface area contributed by atoms with Gasteiger partial charge in [-0.1, -0.05) is 32.0 Å². The molecule has 28 heavy (non-hydrogen) atoms. The Morgan fingerprint density at radius 2 is 1.89 bits per heavy atom. The number of nitrogens with two attached hydrogens (primary N) is 1. The van der Waals surface area contributed by atoms with Crippen LogP contribution in [0.25, 0.3) is 0 Å². The Morgan fingerprint density at radius 1 is 1.14 bits per heavy atom. The molecule has 0 bridgehead atoms. The maximum absolute atomic E-state index is 12.3. The lowest BCUT2D eigenvalue weighted by molar-refractivity contribution is -0.153. The molecule has 5 nitrogen and oxygen atoms in total. The summed E-state index contributed by atoms with van der Waals surface area (Å²) >= 11 is 0. The topological polar surface area (TPSA) is 68.9 Å².